The largest absolute Gasteiger partial charge is 0.481 e. The highest BCUT2D eigenvalue weighted by molar-refractivity contribution is 7.89. The molecule has 26 heavy (non-hydrogen) atoms. The van der Waals surface area contributed by atoms with Crippen molar-refractivity contribution in [1.82, 2.24) is 9.62 Å². The molecule has 1 saturated heterocycles. The number of nitrogens with one attached hydrogen (secondary N) is 1. The average molecular weight is 382 g/mol. The van der Waals surface area contributed by atoms with Gasteiger partial charge in [0.1, 0.15) is 0 Å². The van der Waals surface area contributed by atoms with Crippen molar-refractivity contribution in [3.63, 3.8) is 0 Å². The van der Waals surface area contributed by atoms with Gasteiger partial charge >= 0.3 is 5.97 Å². The lowest BCUT2D eigenvalue weighted by Gasteiger charge is -2.25. The van der Waals surface area contributed by atoms with Gasteiger partial charge < -0.3 is 10.4 Å². The lowest BCUT2D eigenvalue weighted by molar-refractivity contribution is -0.137. The van der Waals surface area contributed by atoms with Gasteiger partial charge in [-0.25, -0.2) is 8.42 Å². The number of aliphatic carboxylic acids is 1. The van der Waals surface area contributed by atoms with Gasteiger partial charge in [0, 0.05) is 32.5 Å². The number of carbonyl (C=O) groups excluding carboxylic acids is 1. The van der Waals surface area contributed by atoms with Crippen LogP contribution in [0.3, 0.4) is 0 Å². The molecule has 0 aromatic heterocycles. The molecule has 7 nitrogen and oxygen atoms in total. The van der Waals surface area contributed by atoms with E-state index in [0.29, 0.717) is 37.4 Å². The van der Waals surface area contributed by atoms with Gasteiger partial charge in [0.2, 0.25) is 15.9 Å². The summed E-state index contributed by atoms with van der Waals surface area (Å²) in [6, 6.07) is 6.69. The van der Waals surface area contributed by atoms with Crippen LogP contribution in [0.4, 0.5) is 0 Å². The van der Waals surface area contributed by atoms with E-state index in [9.17, 15) is 18.0 Å². The molecular formula is C18H26N2O5S. The minimum atomic E-state index is -3.43. The van der Waals surface area contributed by atoms with Gasteiger partial charge in [-0.1, -0.05) is 18.6 Å². The van der Waals surface area contributed by atoms with Gasteiger partial charge in [0.25, 0.3) is 0 Å². The minimum Gasteiger partial charge on any atom is -0.481 e. The van der Waals surface area contributed by atoms with Gasteiger partial charge in [0.15, 0.2) is 0 Å². The summed E-state index contributed by atoms with van der Waals surface area (Å²) >= 11 is 0. The van der Waals surface area contributed by atoms with Crippen molar-refractivity contribution in [3.8, 4) is 0 Å². The maximum Gasteiger partial charge on any atom is 0.303 e. The van der Waals surface area contributed by atoms with Crippen LogP contribution in [-0.4, -0.2) is 49.3 Å². The van der Waals surface area contributed by atoms with Crippen LogP contribution < -0.4 is 5.32 Å². The van der Waals surface area contributed by atoms with Gasteiger partial charge in [-0.2, -0.15) is 4.31 Å². The Kier molecular flexibility index (Phi) is 7.59. The summed E-state index contributed by atoms with van der Waals surface area (Å²) in [5.74, 6) is -1.01. The quantitative estimate of drug-likeness (QED) is 0.634. The van der Waals surface area contributed by atoms with Crippen LogP contribution in [0.2, 0.25) is 0 Å². The average Bonchev–Trinajstić information content (AvgIpc) is 2.64. The first-order valence-corrected chi connectivity index (χ1v) is 10.4. The molecule has 0 aliphatic carbocycles. The fourth-order valence-corrected chi connectivity index (χ4v) is 4.41. The summed E-state index contributed by atoms with van der Waals surface area (Å²) in [4.78, 5) is 22.4. The molecule has 1 aliphatic rings. The Bertz CT molecular complexity index is 710. The number of aryl methyl sites for hydroxylation is 1. The minimum absolute atomic E-state index is 0.0350. The molecule has 0 saturated carbocycles. The van der Waals surface area contributed by atoms with E-state index >= 15 is 0 Å². The van der Waals surface area contributed by atoms with Crippen LogP contribution in [0.5, 0.6) is 0 Å². The summed E-state index contributed by atoms with van der Waals surface area (Å²) in [7, 11) is -3.43. The fourth-order valence-electron chi connectivity index (χ4n) is 2.90. The van der Waals surface area contributed by atoms with Crippen molar-refractivity contribution in [1.29, 1.82) is 0 Å². The monoisotopic (exact) mass is 382 g/mol. The maximum absolute atomic E-state index is 12.6. The highest BCUT2D eigenvalue weighted by Crippen LogP contribution is 2.21. The van der Waals surface area contributed by atoms with Crippen LogP contribution in [0.25, 0.3) is 0 Å². The van der Waals surface area contributed by atoms with Crippen LogP contribution in [-0.2, 0) is 26.0 Å². The topological polar surface area (TPSA) is 104 Å². The summed E-state index contributed by atoms with van der Waals surface area (Å²) < 4.78 is 26.7. The Morgan fingerprint density at radius 2 is 1.69 bits per heavy atom. The lowest BCUT2D eigenvalue weighted by Crippen LogP contribution is -2.35. The maximum atomic E-state index is 12.6. The van der Waals surface area contributed by atoms with Gasteiger partial charge in [-0.15, -0.1) is 0 Å². The Labute approximate surface area is 154 Å². The second-order valence-corrected chi connectivity index (χ2v) is 8.39. The first-order chi connectivity index (χ1) is 12.4. The number of rotatable bonds is 9. The standard InChI is InChI=1S/C18H26N2O5S/c21-17(19-12-4-5-18(22)23)11-8-15-6-9-16(10-7-15)26(24,25)20-13-2-1-3-14-20/h6-7,9-10H,1-5,8,11-14H2,(H,19,21)(H,22,23). The third kappa shape index (κ3) is 6.10. The Morgan fingerprint density at radius 1 is 1.04 bits per heavy atom. The molecule has 0 atom stereocenters. The number of hydrogen-bond acceptors (Lipinski definition) is 4. The Hall–Kier alpha value is -1.93. The number of amides is 1. The van der Waals surface area contributed by atoms with Gasteiger partial charge in [-0.3, -0.25) is 9.59 Å². The van der Waals surface area contributed by atoms with E-state index in [2.05, 4.69) is 5.32 Å². The molecule has 1 aliphatic heterocycles. The van der Waals surface area contributed by atoms with Crippen LogP contribution >= 0.6 is 0 Å². The van der Waals surface area contributed by atoms with Crippen LogP contribution in [0.1, 0.15) is 44.1 Å². The number of carbonyl (C=O) groups is 2. The predicted octanol–water partition coefficient (Wildman–Crippen LogP) is 1.77. The molecule has 1 aromatic rings. The SMILES string of the molecule is O=C(O)CCCNC(=O)CCc1ccc(S(=O)(=O)N2CCCCC2)cc1. The molecule has 1 fully saturated rings. The highest BCUT2D eigenvalue weighted by atomic mass is 32.2. The molecule has 2 rings (SSSR count). The molecule has 0 bridgehead atoms. The summed E-state index contributed by atoms with van der Waals surface area (Å²) in [5.41, 5.74) is 0.892. The molecular weight excluding hydrogens is 356 g/mol. The zero-order valence-electron chi connectivity index (χ0n) is 14.8. The van der Waals surface area contributed by atoms with Crippen molar-refractivity contribution >= 4 is 21.9 Å². The second kappa shape index (κ2) is 9.68. The van der Waals surface area contributed by atoms with E-state index in [1.165, 1.54) is 4.31 Å². The zero-order valence-corrected chi connectivity index (χ0v) is 15.6. The highest BCUT2D eigenvalue weighted by Gasteiger charge is 2.25. The molecule has 0 unspecified atom stereocenters. The molecule has 1 heterocycles. The fraction of sp³-hybridized carbons (Fsp3) is 0.556. The number of nitrogens with zero attached hydrogens (tertiary/aromatic N) is 1. The molecule has 8 heteroatoms. The molecule has 1 amide bonds. The van der Waals surface area contributed by atoms with Gasteiger partial charge in [0.05, 0.1) is 4.90 Å². The first-order valence-electron chi connectivity index (χ1n) is 8.97. The van der Waals surface area contributed by atoms with E-state index in [1.54, 1.807) is 24.3 Å². The number of carboxylic acid groups (broad SMARTS) is 1. The van der Waals surface area contributed by atoms with Crippen molar-refractivity contribution in [3.05, 3.63) is 29.8 Å². The Balaban J connectivity index is 1.81. The molecule has 1 aromatic carbocycles. The molecule has 144 valence electrons. The van der Waals surface area contributed by atoms with E-state index in [-0.39, 0.29) is 18.7 Å². The van der Waals surface area contributed by atoms with Crippen molar-refractivity contribution in [2.24, 2.45) is 0 Å². The second-order valence-electron chi connectivity index (χ2n) is 6.46. The normalized spacial score (nSPS) is 15.5. The number of hydrogen-bond donors (Lipinski definition) is 2. The lowest BCUT2D eigenvalue weighted by atomic mass is 10.1. The van der Waals surface area contributed by atoms with E-state index in [4.69, 9.17) is 5.11 Å². The van der Waals surface area contributed by atoms with E-state index in [0.717, 1.165) is 24.8 Å². The molecule has 2 N–H and O–H groups in total. The summed E-state index contributed by atoms with van der Waals surface area (Å²) in [5, 5.41) is 11.2. The van der Waals surface area contributed by atoms with Crippen molar-refractivity contribution in [2.45, 2.75) is 49.8 Å². The number of piperidine rings is 1. The first kappa shape index (κ1) is 20.4. The predicted molar refractivity (Wildman–Crippen MR) is 97.3 cm³/mol. The zero-order chi connectivity index (χ0) is 19.0. The smallest absolute Gasteiger partial charge is 0.303 e. The summed E-state index contributed by atoms with van der Waals surface area (Å²) in [6.45, 7) is 1.50. The van der Waals surface area contributed by atoms with E-state index in [1.807, 2.05) is 0 Å². The van der Waals surface area contributed by atoms with Crippen LogP contribution in [0, 0.1) is 0 Å². The van der Waals surface area contributed by atoms with E-state index < -0.39 is 16.0 Å². The van der Waals surface area contributed by atoms with Gasteiger partial charge in [-0.05, 0) is 43.4 Å². The third-order valence-corrected chi connectivity index (χ3v) is 6.32. The molecule has 0 radical (unpaired) electrons. The van der Waals surface area contributed by atoms with Crippen molar-refractivity contribution in [2.75, 3.05) is 19.6 Å². The molecule has 0 spiro atoms. The Morgan fingerprint density at radius 3 is 2.31 bits per heavy atom. The number of sulfonamides is 1. The summed E-state index contributed by atoms with van der Waals surface area (Å²) in [6.07, 6.45) is 4.11. The number of benzene rings is 1. The van der Waals surface area contributed by atoms with Crippen molar-refractivity contribution < 1.29 is 23.1 Å². The number of carboxylic acids is 1. The van der Waals surface area contributed by atoms with Crippen LogP contribution in [0.15, 0.2) is 29.2 Å². The third-order valence-electron chi connectivity index (χ3n) is 4.41.